The lowest BCUT2D eigenvalue weighted by molar-refractivity contribution is 0.186. The molecule has 5 rings (SSSR count). The zero-order chi connectivity index (χ0) is 17.0. The molecule has 3 aromatic heterocycles. The summed E-state index contributed by atoms with van der Waals surface area (Å²) in [5.41, 5.74) is 2.76. The summed E-state index contributed by atoms with van der Waals surface area (Å²) in [6.45, 7) is 3.99. The highest BCUT2D eigenvalue weighted by Crippen LogP contribution is 2.35. The molecule has 25 heavy (non-hydrogen) atoms. The van der Waals surface area contributed by atoms with Crippen LogP contribution in [0.2, 0.25) is 0 Å². The van der Waals surface area contributed by atoms with E-state index >= 15 is 0 Å². The van der Waals surface area contributed by atoms with Crippen LogP contribution in [0.5, 0.6) is 0 Å². The Hall–Kier alpha value is -1.50. The van der Waals surface area contributed by atoms with Crippen molar-refractivity contribution in [1.82, 2.24) is 14.9 Å². The van der Waals surface area contributed by atoms with Crippen molar-refractivity contribution in [3.63, 3.8) is 0 Å². The number of aromatic nitrogens is 2. The molecule has 1 atom stereocenters. The first-order valence-corrected chi connectivity index (χ1v) is 10.7. The molecule has 0 spiro atoms. The highest BCUT2D eigenvalue weighted by Gasteiger charge is 2.26. The number of aryl methyl sites for hydroxylation is 2. The molecule has 1 N–H and O–H groups in total. The third-order valence-corrected chi connectivity index (χ3v) is 7.81. The van der Waals surface area contributed by atoms with Crippen LogP contribution in [-0.2, 0) is 25.8 Å². The van der Waals surface area contributed by atoms with E-state index in [1.54, 1.807) is 11.3 Å². The molecular weight excluding hydrogens is 350 g/mol. The van der Waals surface area contributed by atoms with E-state index in [9.17, 15) is 4.79 Å². The van der Waals surface area contributed by atoms with Crippen molar-refractivity contribution in [3.05, 3.63) is 48.5 Å². The van der Waals surface area contributed by atoms with Crippen LogP contribution >= 0.6 is 22.7 Å². The van der Waals surface area contributed by atoms with E-state index in [0.717, 1.165) is 41.8 Å². The molecule has 2 aliphatic rings. The van der Waals surface area contributed by atoms with Gasteiger partial charge in [-0.1, -0.05) is 0 Å². The molecule has 0 amide bonds. The number of H-pyrrole nitrogens is 1. The third kappa shape index (κ3) is 2.58. The number of nitrogens with zero attached hydrogens (tertiary/aromatic N) is 2. The van der Waals surface area contributed by atoms with Gasteiger partial charge in [-0.15, -0.1) is 22.7 Å². The van der Waals surface area contributed by atoms with Crippen molar-refractivity contribution in [2.24, 2.45) is 0 Å². The van der Waals surface area contributed by atoms with Crippen molar-refractivity contribution >= 4 is 32.9 Å². The standard InChI is InChI=1S/C19H21N3OS2/c1-11-12-7-9-24-14(12)6-8-22(11)10-16-20-18(23)17-13-4-2-3-5-15(13)25-19(17)21-16/h7,9,11H,2-6,8,10H2,1H3,(H,20,21,23)/t11-/m1/s1. The topological polar surface area (TPSA) is 49.0 Å². The predicted molar refractivity (Wildman–Crippen MR) is 104 cm³/mol. The van der Waals surface area contributed by atoms with Gasteiger partial charge in [-0.3, -0.25) is 9.69 Å². The number of hydrogen-bond donors (Lipinski definition) is 1. The van der Waals surface area contributed by atoms with Crippen LogP contribution in [0.15, 0.2) is 16.2 Å². The van der Waals surface area contributed by atoms with Crippen LogP contribution in [0.25, 0.3) is 10.2 Å². The molecule has 0 unspecified atom stereocenters. The zero-order valence-electron chi connectivity index (χ0n) is 14.3. The fourth-order valence-electron chi connectivity index (χ4n) is 4.25. The maximum Gasteiger partial charge on any atom is 0.259 e. The average Bonchev–Trinajstić information content (AvgIpc) is 3.21. The maximum absolute atomic E-state index is 12.7. The summed E-state index contributed by atoms with van der Waals surface area (Å²) in [5, 5.41) is 3.04. The van der Waals surface area contributed by atoms with Crippen LogP contribution in [0.3, 0.4) is 0 Å². The van der Waals surface area contributed by atoms with Crippen LogP contribution in [-0.4, -0.2) is 21.4 Å². The lowest BCUT2D eigenvalue weighted by Gasteiger charge is -2.33. The Morgan fingerprint density at radius 3 is 3.08 bits per heavy atom. The van der Waals surface area contributed by atoms with Crippen molar-refractivity contribution in [3.8, 4) is 0 Å². The SMILES string of the molecule is C[C@@H]1c2ccsc2CCN1Cc1nc2sc3c(c2c(=O)[nH]1)CCCC3. The molecular formula is C19H21N3OS2. The molecule has 0 fully saturated rings. The zero-order valence-corrected chi connectivity index (χ0v) is 15.9. The second-order valence-electron chi connectivity index (χ2n) is 7.10. The molecule has 1 aliphatic heterocycles. The van der Waals surface area contributed by atoms with Gasteiger partial charge >= 0.3 is 0 Å². The monoisotopic (exact) mass is 371 g/mol. The van der Waals surface area contributed by atoms with Gasteiger partial charge in [-0.2, -0.15) is 0 Å². The number of fused-ring (bicyclic) bond motifs is 4. The molecule has 0 bridgehead atoms. The van der Waals surface area contributed by atoms with Gasteiger partial charge in [0.15, 0.2) is 0 Å². The summed E-state index contributed by atoms with van der Waals surface area (Å²) in [4.78, 5) is 26.9. The third-order valence-electron chi connectivity index (χ3n) is 5.63. The molecule has 130 valence electrons. The second-order valence-corrected chi connectivity index (χ2v) is 9.18. The largest absolute Gasteiger partial charge is 0.309 e. The van der Waals surface area contributed by atoms with Gasteiger partial charge in [0.1, 0.15) is 10.7 Å². The van der Waals surface area contributed by atoms with Gasteiger partial charge in [0.25, 0.3) is 5.56 Å². The molecule has 4 heterocycles. The molecule has 0 saturated carbocycles. The molecule has 1 aliphatic carbocycles. The number of rotatable bonds is 2. The van der Waals surface area contributed by atoms with Crippen LogP contribution < -0.4 is 5.56 Å². The highest BCUT2D eigenvalue weighted by atomic mass is 32.1. The summed E-state index contributed by atoms with van der Waals surface area (Å²) < 4.78 is 0. The minimum absolute atomic E-state index is 0.0558. The van der Waals surface area contributed by atoms with Gasteiger partial charge < -0.3 is 4.98 Å². The van der Waals surface area contributed by atoms with E-state index in [1.807, 2.05) is 11.3 Å². The van der Waals surface area contributed by atoms with E-state index in [4.69, 9.17) is 4.98 Å². The van der Waals surface area contributed by atoms with Gasteiger partial charge in [-0.25, -0.2) is 4.98 Å². The van der Waals surface area contributed by atoms with E-state index in [0.29, 0.717) is 12.6 Å². The van der Waals surface area contributed by atoms with E-state index in [1.165, 1.54) is 33.7 Å². The van der Waals surface area contributed by atoms with Crippen LogP contribution in [0.1, 0.15) is 52.5 Å². The van der Waals surface area contributed by atoms with Crippen molar-refractivity contribution in [2.45, 2.75) is 51.6 Å². The first-order valence-electron chi connectivity index (χ1n) is 9.04. The lowest BCUT2D eigenvalue weighted by Crippen LogP contribution is -2.33. The lowest BCUT2D eigenvalue weighted by atomic mass is 9.97. The normalized spacial score (nSPS) is 20.6. The quantitative estimate of drug-likeness (QED) is 0.739. The van der Waals surface area contributed by atoms with Gasteiger partial charge in [0, 0.05) is 22.3 Å². The smallest absolute Gasteiger partial charge is 0.259 e. The molecule has 4 nitrogen and oxygen atoms in total. The summed E-state index contributed by atoms with van der Waals surface area (Å²) >= 11 is 3.59. The highest BCUT2D eigenvalue weighted by molar-refractivity contribution is 7.18. The summed E-state index contributed by atoms with van der Waals surface area (Å²) in [6.07, 6.45) is 5.66. The predicted octanol–water partition coefficient (Wildman–Crippen LogP) is 4.04. The molecule has 0 aromatic carbocycles. The van der Waals surface area contributed by atoms with E-state index < -0.39 is 0 Å². The molecule has 6 heteroatoms. The summed E-state index contributed by atoms with van der Waals surface area (Å²) in [7, 11) is 0. The number of hydrogen-bond acceptors (Lipinski definition) is 5. The van der Waals surface area contributed by atoms with Gasteiger partial charge in [0.05, 0.1) is 11.9 Å². The summed E-state index contributed by atoms with van der Waals surface area (Å²) in [6, 6.07) is 2.62. The van der Waals surface area contributed by atoms with E-state index in [2.05, 4.69) is 28.3 Å². The minimum atomic E-state index is 0.0558. The first kappa shape index (κ1) is 15.7. The van der Waals surface area contributed by atoms with Crippen molar-refractivity contribution < 1.29 is 0 Å². The fraction of sp³-hybridized carbons (Fsp3) is 0.474. The van der Waals surface area contributed by atoms with Gasteiger partial charge in [0.2, 0.25) is 0 Å². The van der Waals surface area contributed by atoms with Gasteiger partial charge in [-0.05, 0) is 61.6 Å². The van der Waals surface area contributed by atoms with Crippen molar-refractivity contribution in [2.75, 3.05) is 6.54 Å². The van der Waals surface area contributed by atoms with Crippen LogP contribution in [0.4, 0.5) is 0 Å². The maximum atomic E-state index is 12.7. The number of aromatic amines is 1. The average molecular weight is 372 g/mol. The Morgan fingerprint density at radius 2 is 2.16 bits per heavy atom. The molecule has 3 aromatic rings. The second kappa shape index (κ2) is 6.04. The number of thiophene rings is 2. The Balaban J connectivity index is 1.49. The number of nitrogens with one attached hydrogen (secondary N) is 1. The Labute approximate surface area is 154 Å². The molecule has 0 radical (unpaired) electrons. The summed E-state index contributed by atoms with van der Waals surface area (Å²) in [5.74, 6) is 0.807. The fourth-order valence-corrected chi connectivity index (χ4v) is 6.50. The Bertz CT molecular complexity index is 1000. The first-order chi connectivity index (χ1) is 12.2. The Morgan fingerprint density at radius 1 is 1.28 bits per heavy atom. The van der Waals surface area contributed by atoms with Crippen LogP contribution in [0, 0.1) is 0 Å². The minimum Gasteiger partial charge on any atom is -0.309 e. The molecule has 0 saturated heterocycles. The van der Waals surface area contributed by atoms with Crippen molar-refractivity contribution in [1.29, 1.82) is 0 Å². The van der Waals surface area contributed by atoms with E-state index in [-0.39, 0.29) is 5.56 Å². The Kier molecular flexibility index (Phi) is 3.80.